The molecule has 0 spiro atoms. The summed E-state index contributed by atoms with van der Waals surface area (Å²) in [6, 6.07) is -0.0333. The molecular weight excluding hydrogens is 260 g/mol. The zero-order valence-corrected chi connectivity index (χ0v) is 12.7. The van der Waals surface area contributed by atoms with Crippen molar-refractivity contribution >= 4 is 12.1 Å². The van der Waals surface area contributed by atoms with E-state index < -0.39 is 11.0 Å². The van der Waals surface area contributed by atoms with E-state index in [0.717, 1.165) is 6.54 Å². The van der Waals surface area contributed by atoms with E-state index in [4.69, 9.17) is 9.47 Å². The van der Waals surface area contributed by atoms with Crippen molar-refractivity contribution in [2.75, 3.05) is 26.2 Å². The number of carbonyl (C=O) groups is 2. The number of hydrogen-bond donors (Lipinski definition) is 1. The molecule has 0 aliphatic carbocycles. The van der Waals surface area contributed by atoms with Gasteiger partial charge >= 0.3 is 12.1 Å². The highest BCUT2D eigenvalue weighted by molar-refractivity contribution is 5.81. The van der Waals surface area contributed by atoms with Gasteiger partial charge in [-0.2, -0.15) is 0 Å². The lowest BCUT2D eigenvalue weighted by molar-refractivity contribution is -0.154. The molecule has 6 heteroatoms. The Balaban J connectivity index is 2.08. The molecule has 2 saturated heterocycles. The largest absolute Gasteiger partial charge is 0.465 e. The number of rotatable bonds is 2. The van der Waals surface area contributed by atoms with Gasteiger partial charge in [-0.3, -0.25) is 4.79 Å². The first-order valence-electron chi connectivity index (χ1n) is 7.17. The summed E-state index contributed by atoms with van der Waals surface area (Å²) in [7, 11) is 0. The lowest BCUT2D eigenvalue weighted by Crippen LogP contribution is -2.43. The predicted octanol–water partition coefficient (Wildman–Crippen LogP) is 1.15. The van der Waals surface area contributed by atoms with Crippen LogP contribution in [0.4, 0.5) is 4.79 Å². The van der Waals surface area contributed by atoms with Crippen LogP contribution in [0.25, 0.3) is 0 Å². The number of carbonyl (C=O) groups excluding carboxylic acids is 2. The van der Waals surface area contributed by atoms with E-state index >= 15 is 0 Å². The van der Waals surface area contributed by atoms with Crippen LogP contribution in [-0.4, -0.2) is 54.8 Å². The highest BCUT2D eigenvalue weighted by Gasteiger charge is 2.57. The van der Waals surface area contributed by atoms with E-state index in [9.17, 15) is 9.59 Å². The van der Waals surface area contributed by atoms with Crippen molar-refractivity contribution in [1.82, 2.24) is 10.2 Å². The maximum Gasteiger partial charge on any atom is 0.410 e. The monoisotopic (exact) mass is 284 g/mol. The van der Waals surface area contributed by atoms with E-state index in [-0.39, 0.29) is 18.1 Å². The van der Waals surface area contributed by atoms with Gasteiger partial charge in [-0.15, -0.1) is 0 Å². The van der Waals surface area contributed by atoms with Crippen LogP contribution in [0.1, 0.15) is 34.1 Å². The Morgan fingerprint density at radius 2 is 2.10 bits per heavy atom. The van der Waals surface area contributed by atoms with Gasteiger partial charge in [0.15, 0.2) is 0 Å². The quantitative estimate of drug-likeness (QED) is 0.770. The molecule has 0 aromatic heterocycles. The summed E-state index contributed by atoms with van der Waals surface area (Å²) in [5, 5.41) is 3.30. The summed E-state index contributed by atoms with van der Waals surface area (Å²) in [4.78, 5) is 26.0. The Kier molecular flexibility index (Phi) is 3.95. The zero-order valence-electron chi connectivity index (χ0n) is 12.7. The van der Waals surface area contributed by atoms with Gasteiger partial charge in [0.05, 0.1) is 6.61 Å². The number of hydrogen-bond acceptors (Lipinski definition) is 5. The Bertz CT molecular complexity index is 404. The van der Waals surface area contributed by atoms with Gasteiger partial charge in [-0.25, -0.2) is 4.79 Å². The number of nitrogens with zero attached hydrogens (tertiary/aromatic N) is 1. The molecule has 6 nitrogen and oxygen atoms in total. The summed E-state index contributed by atoms with van der Waals surface area (Å²) in [5.74, 6) is -0.207. The van der Waals surface area contributed by atoms with Crippen molar-refractivity contribution in [2.45, 2.75) is 45.8 Å². The molecule has 2 aliphatic heterocycles. The first kappa shape index (κ1) is 15.1. The molecule has 2 heterocycles. The zero-order chi connectivity index (χ0) is 15.0. The molecule has 0 unspecified atom stereocenters. The second-order valence-electron chi connectivity index (χ2n) is 6.49. The average Bonchev–Trinajstić information content (AvgIpc) is 2.83. The Morgan fingerprint density at radius 1 is 1.40 bits per heavy atom. The molecule has 0 saturated carbocycles. The van der Waals surface area contributed by atoms with Gasteiger partial charge in [-0.05, 0) is 40.7 Å². The van der Waals surface area contributed by atoms with Gasteiger partial charge < -0.3 is 19.7 Å². The number of nitrogens with one attached hydrogen (secondary N) is 1. The molecule has 2 rings (SSSR count). The lowest BCUT2D eigenvalue weighted by atomic mass is 9.83. The number of ether oxygens (including phenoxy) is 2. The molecule has 2 fully saturated rings. The van der Waals surface area contributed by atoms with Gasteiger partial charge in [-0.1, -0.05) is 0 Å². The van der Waals surface area contributed by atoms with E-state index in [0.29, 0.717) is 26.1 Å². The first-order valence-corrected chi connectivity index (χ1v) is 7.17. The van der Waals surface area contributed by atoms with Crippen LogP contribution in [0, 0.1) is 5.41 Å². The van der Waals surface area contributed by atoms with Crippen LogP contribution in [-0.2, 0) is 14.3 Å². The van der Waals surface area contributed by atoms with Crippen LogP contribution in [0.2, 0.25) is 0 Å². The third-order valence-electron chi connectivity index (χ3n) is 3.84. The fourth-order valence-electron chi connectivity index (χ4n) is 2.94. The van der Waals surface area contributed by atoms with Crippen molar-refractivity contribution in [3.8, 4) is 0 Å². The highest BCUT2D eigenvalue weighted by Crippen LogP contribution is 2.39. The molecule has 2 atom stereocenters. The minimum absolute atomic E-state index is 0.0333. The summed E-state index contributed by atoms with van der Waals surface area (Å²) >= 11 is 0. The van der Waals surface area contributed by atoms with Crippen LogP contribution >= 0.6 is 0 Å². The molecule has 0 aromatic carbocycles. The van der Waals surface area contributed by atoms with Crippen LogP contribution in [0.3, 0.4) is 0 Å². The normalized spacial score (nSPS) is 29.2. The van der Waals surface area contributed by atoms with Crippen molar-refractivity contribution in [3.05, 3.63) is 0 Å². The van der Waals surface area contributed by atoms with Crippen molar-refractivity contribution in [3.63, 3.8) is 0 Å². The number of esters is 1. The van der Waals surface area contributed by atoms with Crippen molar-refractivity contribution < 1.29 is 19.1 Å². The molecule has 0 aromatic rings. The predicted molar refractivity (Wildman–Crippen MR) is 73.3 cm³/mol. The Morgan fingerprint density at radius 3 is 2.70 bits per heavy atom. The summed E-state index contributed by atoms with van der Waals surface area (Å²) in [6.45, 7) is 9.31. The lowest BCUT2D eigenvalue weighted by Gasteiger charge is -2.27. The maximum atomic E-state index is 12.3. The summed E-state index contributed by atoms with van der Waals surface area (Å²) in [5.41, 5.74) is -1.13. The second kappa shape index (κ2) is 5.24. The maximum absolute atomic E-state index is 12.3. The topological polar surface area (TPSA) is 67.9 Å². The first-order chi connectivity index (χ1) is 9.28. The van der Waals surface area contributed by atoms with E-state index in [1.807, 2.05) is 20.8 Å². The number of fused-ring (bicyclic) bond motifs is 1. The molecule has 1 amide bonds. The number of likely N-dealkylation sites (tertiary alicyclic amines) is 1. The molecular formula is C14H24N2O4. The fourth-order valence-corrected chi connectivity index (χ4v) is 2.94. The molecule has 0 radical (unpaired) electrons. The van der Waals surface area contributed by atoms with E-state index in [2.05, 4.69) is 5.32 Å². The summed E-state index contributed by atoms with van der Waals surface area (Å²) in [6.07, 6.45) is 0.341. The van der Waals surface area contributed by atoms with E-state index in [1.54, 1.807) is 11.8 Å². The third-order valence-corrected chi connectivity index (χ3v) is 3.84. The molecule has 114 valence electrons. The molecule has 1 N–H and O–H groups in total. The molecule has 0 bridgehead atoms. The summed E-state index contributed by atoms with van der Waals surface area (Å²) < 4.78 is 10.6. The highest BCUT2D eigenvalue weighted by atomic mass is 16.6. The standard InChI is InChI=1S/C14H24N2O4/c1-5-19-11(17)14-6-7-15-10(14)8-16(9-14)12(18)20-13(2,3)4/h10,15H,5-9H2,1-4H3/t10-,14-/m1/s1. The van der Waals surface area contributed by atoms with Crippen molar-refractivity contribution in [1.29, 1.82) is 0 Å². The minimum Gasteiger partial charge on any atom is -0.465 e. The second-order valence-corrected chi connectivity index (χ2v) is 6.49. The average molecular weight is 284 g/mol. The van der Waals surface area contributed by atoms with Crippen molar-refractivity contribution in [2.24, 2.45) is 5.41 Å². The third kappa shape index (κ3) is 2.75. The number of amides is 1. The van der Waals surface area contributed by atoms with Gasteiger partial charge in [0, 0.05) is 19.1 Å². The fraction of sp³-hybridized carbons (Fsp3) is 0.857. The van der Waals surface area contributed by atoms with Gasteiger partial charge in [0.1, 0.15) is 11.0 Å². The Labute approximate surface area is 119 Å². The van der Waals surface area contributed by atoms with Crippen LogP contribution in [0.15, 0.2) is 0 Å². The van der Waals surface area contributed by atoms with Crippen LogP contribution in [0.5, 0.6) is 0 Å². The molecule has 2 aliphatic rings. The smallest absolute Gasteiger partial charge is 0.410 e. The molecule has 20 heavy (non-hydrogen) atoms. The van der Waals surface area contributed by atoms with Gasteiger partial charge in [0.2, 0.25) is 0 Å². The minimum atomic E-state index is -0.604. The van der Waals surface area contributed by atoms with Crippen LogP contribution < -0.4 is 5.32 Å². The van der Waals surface area contributed by atoms with E-state index in [1.165, 1.54) is 0 Å². The SMILES string of the molecule is CCOC(=O)[C@@]12CCN[C@@H]1CN(C(=O)OC(C)(C)C)C2. The Hall–Kier alpha value is -1.30. The van der Waals surface area contributed by atoms with Gasteiger partial charge in [0.25, 0.3) is 0 Å².